The zero-order valence-electron chi connectivity index (χ0n) is 14.2. The fourth-order valence-electron chi connectivity index (χ4n) is 1.99. The number of nitrogens with zero attached hydrogens (tertiary/aromatic N) is 1. The van der Waals surface area contributed by atoms with Gasteiger partial charge in [-0.1, -0.05) is 0 Å². The predicted molar refractivity (Wildman–Crippen MR) is 92.0 cm³/mol. The van der Waals surface area contributed by atoms with Crippen LogP contribution in [0.15, 0.2) is 24.3 Å². The van der Waals surface area contributed by atoms with Gasteiger partial charge >= 0.3 is 5.97 Å². The summed E-state index contributed by atoms with van der Waals surface area (Å²) in [5.41, 5.74) is 1.21. The van der Waals surface area contributed by atoms with E-state index < -0.39 is 18.0 Å². The number of hydrogen-bond acceptors (Lipinski definition) is 6. The van der Waals surface area contributed by atoms with Gasteiger partial charge in [-0.15, -0.1) is 11.3 Å². The number of esters is 1. The van der Waals surface area contributed by atoms with E-state index in [2.05, 4.69) is 10.3 Å². The molecule has 0 aliphatic carbocycles. The summed E-state index contributed by atoms with van der Waals surface area (Å²) < 4.78 is 23.0. The lowest BCUT2D eigenvalue weighted by molar-refractivity contribution is -0.129. The Kier molecular flexibility index (Phi) is 6.60. The van der Waals surface area contributed by atoms with Gasteiger partial charge in [-0.05, 0) is 38.1 Å². The van der Waals surface area contributed by atoms with Crippen LogP contribution in [0, 0.1) is 12.7 Å². The van der Waals surface area contributed by atoms with Crippen molar-refractivity contribution >= 4 is 23.2 Å². The first-order valence-corrected chi connectivity index (χ1v) is 8.45. The van der Waals surface area contributed by atoms with Gasteiger partial charge in [0, 0.05) is 19.2 Å². The maximum absolute atomic E-state index is 13.0. The second kappa shape index (κ2) is 8.68. The van der Waals surface area contributed by atoms with Gasteiger partial charge in [0.2, 0.25) is 0 Å². The third-order valence-corrected chi connectivity index (χ3v) is 4.52. The third kappa shape index (κ3) is 5.07. The minimum absolute atomic E-state index is 0.316. The summed E-state index contributed by atoms with van der Waals surface area (Å²) in [6.07, 6.45) is -0.930. The number of methoxy groups -OCH3 is 1. The second-order valence-corrected chi connectivity index (χ2v) is 6.27. The molecule has 1 heterocycles. The molecular weight excluding hydrogens is 347 g/mol. The van der Waals surface area contributed by atoms with Crippen molar-refractivity contribution in [3.63, 3.8) is 0 Å². The molecule has 0 saturated heterocycles. The molecule has 0 unspecified atom stereocenters. The van der Waals surface area contributed by atoms with Crippen LogP contribution in [0.2, 0.25) is 0 Å². The first-order valence-electron chi connectivity index (χ1n) is 7.63. The smallest absolute Gasteiger partial charge is 0.351 e. The maximum atomic E-state index is 13.0. The van der Waals surface area contributed by atoms with E-state index >= 15 is 0 Å². The Labute approximate surface area is 149 Å². The number of hydrogen-bond donors (Lipinski definition) is 1. The van der Waals surface area contributed by atoms with E-state index in [9.17, 15) is 14.0 Å². The molecular formula is C17H19FN2O4S. The molecule has 1 atom stereocenters. The van der Waals surface area contributed by atoms with Gasteiger partial charge in [0.25, 0.3) is 5.91 Å². The summed E-state index contributed by atoms with van der Waals surface area (Å²) in [7, 11) is 1.53. The Hall–Kier alpha value is -2.32. The van der Waals surface area contributed by atoms with Crippen LogP contribution in [0.3, 0.4) is 0 Å². The average Bonchev–Trinajstić information content (AvgIpc) is 2.97. The summed E-state index contributed by atoms with van der Waals surface area (Å²) >= 11 is 1.14. The maximum Gasteiger partial charge on any atom is 0.351 e. The number of benzene rings is 1. The van der Waals surface area contributed by atoms with Gasteiger partial charge in [0.15, 0.2) is 6.10 Å². The quantitative estimate of drug-likeness (QED) is 0.602. The zero-order valence-corrected chi connectivity index (χ0v) is 15.0. The van der Waals surface area contributed by atoms with Crippen LogP contribution in [0.1, 0.15) is 22.3 Å². The highest BCUT2D eigenvalue weighted by Gasteiger charge is 2.23. The van der Waals surface area contributed by atoms with Gasteiger partial charge in [0.1, 0.15) is 15.7 Å². The molecule has 2 aromatic rings. The molecule has 2 rings (SSSR count). The molecule has 1 amide bonds. The Morgan fingerprint density at radius 2 is 2.00 bits per heavy atom. The Balaban J connectivity index is 2.04. The highest BCUT2D eigenvalue weighted by atomic mass is 32.1. The van der Waals surface area contributed by atoms with Crippen LogP contribution in [-0.4, -0.2) is 43.2 Å². The van der Waals surface area contributed by atoms with E-state index in [0.29, 0.717) is 34.3 Å². The predicted octanol–water partition coefficient (Wildman–Crippen LogP) is 2.57. The zero-order chi connectivity index (χ0) is 18.4. The lowest BCUT2D eigenvalue weighted by Crippen LogP contribution is -2.37. The lowest BCUT2D eigenvalue weighted by Gasteiger charge is -2.12. The number of carbonyl (C=O) groups excluding carboxylic acids is 2. The molecule has 25 heavy (non-hydrogen) atoms. The topological polar surface area (TPSA) is 77.5 Å². The molecule has 6 nitrogen and oxygen atoms in total. The molecule has 0 bridgehead atoms. The second-order valence-electron chi connectivity index (χ2n) is 5.27. The van der Waals surface area contributed by atoms with Crippen molar-refractivity contribution in [2.24, 2.45) is 0 Å². The molecule has 134 valence electrons. The van der Waals surface area contributed by atoms with Gasteiger partial charge < -0.3 is 14.8 Å². The van der Waals surface area contributed by atoms with Crippen molar-refractivity contribution in [2.45, 2.75) is 20.0 Å². The number of ether oxygens (including phenoxy) is 2. The fourth-order valence-corrected chi connectivity index (χ4v) is 2.94. The molecule has 0 aliphatic heterocycles. The van der Waals surface area contributed by atoms with Crippen molar-refractivity contribution in [2.75, 3.05) is 20.3 Å². The Morgan fingerprint density at radius 3 is 2.64 bits per heavy atom. The molecule has 0 fully saturated rings. The molecule has 0 saturated carbocycles. The van der Waals surface area contributed by atoms with Crippen molar-refractivity contribution in [3.8, 4) is 10.6 Å². The van der Waals surface area contributed by atoms with Crippen LogP contribution in [0.5, 0.6) is 0 Å². The molecule has 1 aromatic carbocycles. The third-order valence-electron chi connectivity index (χ3n) is 3.33. The number of aryl methyl sites for hydroxylation is 1. The van der Waals surface area contributed by atoms with Gasteiger partial charge in [-0.3, -0.25) is 4.79 Å². The van der Waals surface area contributed by atoms with E-state index in [1.807, 2.05) is 0 Å². The summed E-state index contributed by atoms with van der Waals surface area (Å²) in [5, 5.41) is 3.19. The van der Waals surface area contributed by atoms with Gasteiger partial charge in [-0.25, -0.2) is 14.2 Å². The highest BCUT2D eigenvalue weighted by Crippen LogP contribution is 2.28. The number of amides is 1. The molecule has 0 aliphatic rings. The van der Waals surface area contributed by atoms with E-state index in [-0.39, 0.29) is 5.82 Å². The van der Waals surface area contributed by atoms with Crippen LogP contribution < -0.4 is 5.32 Å². The first kappa shape index (κ1) is 19.0. The van der Waals surface area contributed by atoms with E-state index in [1.165, 1.54) is 26.2 Å². The number of thiazole rings is 1. The lowest BCUT2D eigenvalue weighted by atomic mass is 10.2. The Bertz CT molecular complexity index is 746. The normalized spacial score (nSPS) is 11.8. The van der Waals surface area contributed by atoms with Crippen molar-refractivity contribution in [1.29, 1.82) is 0 Å². The summed E-state index contributed by atoms with van der Waals surface area (Å²) in [6.45, 7) is 3.90. The Morgan fingerprint density at radius 1 is 1.32 bits per heavy atom. The van der Waals surface area contributed by atoms with Crippen LogP contribution in [-0.2, 0) is 14.3 Å². The molecule has 0 spiro atoms. The number of halogens is 1. The minimum atomic E-state index is -0.930. The monoisotopic (exact) mass is 366 g/mol. The van der Waals surface area contributed by atoms with Crippen molar-refractivity contribution < 1.29 is 23.5 Å². The molecule has 1 N–H and O–H groups in total. The van der Waals surface area contributed by atoms with Crippen molar-refractivity contribution in [1.82, 2.24) is 10.3 Å². The van der Waals surface area contributed by atoms with Gasteiger partial charge in [-0.2, -0.15) is 0 Å². The van der Waals surface area contributed by atoms with Crippen LogP contribution in [0.25, 0.3) is 10.6 Å². The largest absolute Gasteiger partial charge is 0.448 e. The number of carbonyl (C=O) groups is 2. The summed E-state index contributed by atoms with van der Waals surface area (Å²) in [4.78, 5) is 28.8. The van der Waals surface area contributed by atoms with Crippen LogP contribution in [0.4, 0.5) is 4.39 Å². The molecule has 1 aromatic heterocycles. The van der Waals surface area contributed by atoms with Crippen LogP contribution >= 0.6 is 11.3 Å². The number of aromatic nitrogens is 1. The van der Waals surface area contributed by atoms with Crippen molar-refractivity contribution in [3.05, 3.63) is 40.7 Å². The fraction of sp³-hybridized carbons (Fsp3) is 0.353. The summed E-state index contributed by atoms with van der Waals surface area (Å²) in [6, 6.07) is 5.84. The minimum Gasteiger partial charge on any atom is -0.448 e. The number of nitrogens with one attached hydrogen (secondary N) is 1. The molecule has 8 heteroatoms. The van der Waals surface area contributed by atoms with E-state index in [4.69, 9.17) is 9.47 Å². The number of rotatable bonds is 7. The average molecular weight is 366 g/mol. The van der Waals surface area contributed by atoms with E-state index in [1.54, 1.807) is 19.1 Å². The highest BCUT2D eigenvalue weighted by molar-refractivity contribution is 7.17. The first-order chi connectivity index (χ1) is 11.9. The van der Waals surface area contributed by atoms with E-state index in [0.717, 1.165) is 11.3 Å². The summed E-state index contributed by atoms with van der Waals surface area (Å²) in [5.74, 6) is -1.35. The molecule has 0 radical (unpaired) electrons. The SMILES string of the molecule is COCCNC(=O)[C@@H](C)OC(=O)c1sc(-c2ccc(F)cc2)nc1C. The standard InChI is InChI=1S/C17H19FN2O4S/c1-10-14(17(22)24-11(2)15(21)19-8-9-23-3)25-16(20-10)12-4-6-13(18)7-5-12/h4-7,11H,8-9H2,1-3H3,(H,19,21)/t11-/m1/s1. The van der Waals surface area contributed by atoms with Gasteiger partial charge in [0.05, 0.1) is 12.3 Å².